The predicted octanol–water partition coefficient (Wildman–Crippen LogP) is 2.58. The molecule has 1 rings (SSSR count). The van der Waals surface area contributed by atoms with E-state index in [9.17, 15) is 0 Å². The molecule has 0 radical (unpaired) electrons. The Morgan fingerprint density at radius 3 is 2.33 bits per heavy atom. The summed E-state index contributed by atoms with van der Waals surface area (Å²) in [6, 6.07) is 0.254. The van der Waals surface area contributed by atoms with Crippen molar-refractivity contribution < 1.29 is 4.74 Å². The third-order valence-electron chi connectivity index (χ3n) is 2.29. The molecule has 3 N–H and O–H groups in total. The number of nitrogen functional groups attached to an aromatic ring is 1. The van der Waals surface area contributed by atoms with Crippen LogP contribution in [-0.4, -0.2) is 22.6 Å². The van der Waals surface area contributed by atoms with Crippen molar-refractivity contribution in [2.75, 3.05) is 17.7 Å². The van der Waals surface area contributed by atoms with Crippen molar-refractivity contribution in [2.45, 2.75) is 53.0 Å². The fourth-order valence-electron chi connectivity index (χ4n) is 1.41. The minimum atomic E-state index is -0.146. The summed E-state index contributed by atoms with van der Waals surface area (Å²) < 4.78 is 5.48. The molecule has 1 aromatic rings. The molecule has 0 aromatic carbocycles. The summed E-state index contributed by atoms with van der Waals surface area (Å²) in [6.45, 7) is 12.7. The number of hydrogen-bond donors (Lipinski definition) is 2. The highest BCUT2D eigenvalue weighted by Crippen LogP contribution is 2.30. The topological polar surface area (TPSA) is 73.1 Å². The van der Waals surface area contributed by atoms with Crippen molar-refractivity contribution in [3.8, 4) is 5.88 Å². The molecule has 0 amide bonds. The van der Waals surface area contributed by atoms with E-state index in [-0.39, 0.29) is 11.5 Å². The summed E-state index contributed by atoms with van der Waals surface area (Å²) in [5, 5.41) is 3.23. The van der Waals surface area contributed by atoms with Crippen LogP contribution in [-0.2, 0) is 5.41 Å². The van der Waals surface area contributed by atoms with Gasteiger partial charge in [0.15, 0.2) is 5.82 Å². The summed E-state index contributed by atoms with van der Waals surface area (Å²) in [4.78, 5) is 8.90. The summed E-state index contributed by atoms with van der Waals surface area (Å²) in [5.74, 6) is 1.83. The molecule has 0 aliphatic carbocycles. The van der Waals surface area contributed by atoms with Gasteiger partial charge >= 0.3 is 0 Å². The van der Waals surface area contributed by atoms with E-state index in [1.54, 1.807) is 0 Å². The molecule has 0 unspecified atom stereocenters. The third-order valence-corrected chi connectivity index (χ3v) is 2.29. The number of rotatable bonds is 4. The lowest BCUT2D eigenvalue weighted by atomic mass is 9.96. The average molecular weight is 252 g/mol. The smallest absolute Gasteiger partial charge is 0.242 e. The average Bonchev–Trinajstić information content (AvgIpc) is 2.21. The fraction of sp³-hybridized carbons (Fsp3) is 0.692. The zero-order valence-electron chi connectivity index (χ0n) is 12.2. The molecule has 0 aliphatic heterocycles. The SMILES string of the molecule is CCOc1nc(C(C)(C)C)nc(NC(C)C)c1N. The summed E-state index contributed by atoms with van der Waals surface area (Å²) in [7, 11) is 0. The van der Waals surface area contributed by atoms with Gasteiger partial charge in [0.05, 0.1) is 6.61 Å². The summed E-state index contributed by atoms with van der Waals surface area (Å²) in [6.07, 6.45) is 0. The summed E-state index contributed by atoms with van der Waals surface area (Å²) in [5.41, 5.74) is 6.34. The third kappa shape index (κ3) is 3.48. The predicted molar refractivity (Wildman–Crippen MR) is 75.1 cm³/mol. The van der Waals surface area contributed by atoms with Gasteiger partial charge in [-0.15, -0.1) is 0 Å². The van der Waals surface area contributed by atoms with Gasteiger partial charge in [0.2, 0.25) is 5.88 Å². The van der Waals surface area contributed by atoms with Gasteiger partial charge in [0, 0.05) is 11.5 Å². The molecule has 0 bridgehead atoms. The number of aromatic nitrogens is 2. The van der Waals surface area contributed by atoms with Crippen molar-refractivity contribution in [1.82, 2.24) is 9.97 Å². The van der Waals surface area contributed by atoms with Crippen LogP contribution in [0.3, 0.4) is 0 Å². The van der Waals surface area contributed by atoms with Crippen molar-refractivity contribution in [2.24, 2.45) is 0 Å². The second-order valence-electron chi connectivity index (χ2n) is 5.60. The highest BCUT2D eigenvalue weighted by atomic mass is 16.5. The first-order valence-electron chi connectivity index (χ1n) is 6.33. The Labute approximate surface area is 109 Å². The molecule has 0 fully saturated rings. The van der Waals surface area contributed by atoms with E-state index in [4.69, 9.17) is 10.5 Å². The first kappa shape index (κ1) is 14.5. The summed E-state index contributed by atoms with van der Waals surface area (Å²) >= 11 is 0. The quantitative estimate of drug-likeness (QED) is 0.861. The van der Waals surface area contributed by atoms with Crippen LogP contribution < -0.4 is 15.8 Å². The number of anilines is 2. The first-order valence-corrected chi connectivity index (χ1v) is 6.33. The molecule has 5 nitrogen and oxygen atoms in total. The lowest BCUT2D eigenvalue weighted by molar-refractivity contribution is 0.324. The Balaban J connectivity index is 3.27. The van der Waals surface area contributed by atoms with Crippen LogP contribution >= 0.6 is 0 Å². The van der Waals surface area contributed by atoms with Gasteiger partial charge < -0.3 is 15.8 Å². The number of nitrogens with zero attached hydrogens (tertiary/aromatic N) is 2. The van der Waals surface area contributed by atoms with Gasteiger partial charge in [0.1, 0.15) is 11.5 Å². The molecule has 5 heteroatoms. The lowest BCUT2D eigenvalue weighted by Crippen LogP contribution is -2.21. The highest BCUT2D eigenvalue weighted by Gasteiger charge is 2.22. The minimum Gasteiger partial charge on any atom is -0.476 e. The maximum absolute atomic E-state index is 6.02. The van der Waals surface area contributed by atoms with Crippen LogP contribution in [0.5, 0.6) is 5.88 Å². The minimum absolute atomic E-state index is 0.146. The van der Waals surface area contributed by atoms with E-state index in [0.29, 0.717) is 24.0 Å². The van der Waals surface area contributed by atoms with Crippen LogP contribution in [0.4, 0.5) is 11.5 Å². The normalized spacial score (nSPS) is 11.7. The molecular formula is C13H24N4O. The van der Waals surface area contributed by atoms with Crippen LogP contribution in [0.25, 0.3) is 0 Å². The van der Waals surface area contributed by atoms with Crippen molar-refractivity contribution in [3.63, 3.8) is 0 Å². The van der Waals surface area contributed by atoms with E-state index < -0.39 is 0 Å². The van der Waals surface area contributed by atoms with E-state index >= 15 is 0 Å². The maximum Gasteiger partial charge on any atom is 0.242 e. The number of ether oxygens (including phenoxy) is 1. The second-order valence-corrected chi connectivity index (χ2v) is 5.60. The van der Waals surface area contributed by atoms with Crippen molar-refractivity contribution >= 4 is 11.5 Å². The van der Waals surface area contributed by atoms with Gasteiger partial charge in [-0.25, -0.2) is 4.98 Å². The maximum atomic E-state index is 6.02. The van der Waals surface area contributed by atoms with Crippen LogP contribution in [0.1, 0.15) is 47.4 Å². The monoisotopic (exact) mass is 252 g/mol. The Morgan fingerprint density at radius 2 is 1.89 bits per heavy atom. The van der Waals surface area contributed by atoms with Crippen LogP contribution in [0, 0.1) is 0 Å². The van der Waals surface area contributed by atoms with Crippen LogP contribution in [0.2, 0.25) is 0 Å². The zero-order chi connectivity index (χ0) is 13.9. The second kappa shape index (κ2) is 5.42. The van der Waals surface area contributed by atoms with Crippen molar-refractivity contribution in [1.29, 1.82) is 0 Å². The van der Waals surface area contributed by atoms with Gasteiger partial charge in [-0.2, -0.15) is 4.98 Å². The van der Waals surface area contributed by atoms with E-state index in [0.717, 1.165) is 5.82 Å². The molecule has 0 aliphatic rings. The van der Waals surface area contributed by atoms with Crippen LogP contribution in [0.15, 0.2) is 0 Å². The standard InChI is InChI=1S/C13H24N4O/c1-7-18-11-9(14)10(15-8(2)3)16-12(17-11)13(4,5)6/h8H,7,14H2,1-6H3,(H,15,16,17). The van der Waals surface area contributed by atoms with Crippen molar-refractivity contribution in [3.05, 3.63) is 5.82 Å². The first-order chi connectivity index (χ1) is 8.25. The zero-order valence-corrected chi connectivity index (χ0v) is 12.2. The lowest BCUT2D eigenvalue weighted by Gasteiger charge is -2.21. The Kier molecular flexibility index (Phi) is 4.38. The Morgan fingerprint density at radius 1 is 1.28 bits per heavy atom. The van der Waals surface area contributed by atoms with E-state index in [1.807, 2.05) is 20.8 Å². The number of nitrogens with two attached hydrogens (primary N) is 1. The molecule has 18 heavy (non-hydrogen) atoms. The molecule has 1 heterocycles. The fourth-order valence-corrected chi connectivity index (χ4v) is 1.41. The molecule has 0 atom stereocenters. The molecule has 0 spiro atoms. The van der Waals surface area contributed by atoms with E-state index in [2.05, 4.69) is 36.1 Å². The highest BCUT2D eigenvalue weighted by molar-refractivity contribution is 5.67. The van der Waals surface area contributed by atoms with Gasteiger partial charge in [-0.05, 0) is 20.8 Å². The van der Waals surface area contributed by atoms with E-state index in [1.165, 1.54) is 0 Å². The molecule has 1 aromatic heterocycles. The number of nitrogens with one attached hydrogen (secondary N) is 1. The van der Waals surface area contributed by atoms with Gasteiger partial charge in [-0.3, -0.25) is 0 Å². The molecular weight excluding hydrogens is 228 g/mol. The van der Waals surface area contributed by atoms with Gasteiger partial charge in [0.25, 0.3) is 0 Å². The largest absolute Gasteiger partial charge is 0.476 e. The van der Waals surface area contributed by atoms with Gasteiger partial charge in [-0.1, -0.05) is 20.8 Å². The number of hydrogen-bond acceptors (Lipinski definition) is 5. The molecule has 0 saturated carbocycles. The molecule has 0 saturated heterocycles. The molecule has 102 valence electrons. The Hall–Kier alpha value is -1.52. The Bertz CT molecular complexity index is 410.